The van der Waals surface area contributed by atoms with Crippen molar-refractivity contribution < 1.29 is 22.6 Å². The van der Waals surface area contributed by atoms with E-state index in [1.807, 2.05) is 6.92 Å². The van der Waals surface area contributed by atoms with Crippen LogP contribution < -0.4 is 10.6 Å². The molecule has 7 nitrogen and oxygen atoms in total. The lowest BCUT2D eigenvalue weighted by molar-refractivity contribution is -0.121. The normalized spacial score (nSPS) is 11.2. The van der Waals surface area contributed by atoms with Crippen molar-refractivity contribution in [2.45, 2.75) is 76.0 Å². The third-order valence-electron chi connectivity index (χ3n) is 4.37. The third-order valence-corrected chi connectivity index (χ3v) is 5.24. The third kappa shape index (κ3) is 11.0. The summed E-state index contributed by atoms with van der Waals surface area (Å²) in [5, 5.41) is 5.51. The number of carbonyl (C=O) groups is 2. The maximum atomic E-state index is 11.9. The zero-order chi connectivity index (χ0) is 20.8. The van der Waals surface area contributed by atoms with Crippen LogP contribution in [-0.2, 0) is 19.7 Å². The molecule has 0 aliphatic rings. The van der Waals surface area contributed by atoms with Crippen LogP contribution in [0.25, 0.3) is 0 Å². The van der Waals surface area contributed by atoms with Gasteiger partial charge in [-0.15, -0.1) is 0 Å². The van der Waals surface area contributed by atoms with Gasteiger partial charge in [0.05, 0.1) is 4.90 Å². The van der Waals surface area contributed by atoms with E-state index in [1.165, 1.54) is 24.3 Å². The van der Waals surface area contributed by atoms with E-state index in [0.29, 0.717) is 25.1 Å². The first kappa shape index (κ1) is 24.1. The van der Waals surface area contributed by atoms with E-state index in [4.69, 9.17) is 4.55 Å². The Balaban J connectivity index is 2.03. The fourth-order valence-corrected chi connectivity index (χ4v) is 3.33. The molecule has 0 fully saturated rings. The largest absolute Gasteiger partial charge is 0.356 e. The molecule has 1 aromatic carbocycles. The summed E-state index contributed by atoms with van der Waals surface area (Å²) in [6.45, 7) is 2.61. The van der Waals surface area contributed by atoms with Crippen LogP contribution in [0.5, 0.6) is 0 Å². The average Bonchev–Trinajstić information content (AvgIpc) is 2.63. The molecule has 0 saturated carbocycles. The van der Waals surface area contributed by atoms with Crippen molar-refractivity contribution in [3.8, 4) is 0 Å². The Morgan fingerprint density at radius 3 is 1.75 bits per heavy atom. The van der Waals surface area contributed by atoms with Crippen molar-refractivity contribution in [2.24, 2.45) is 0 Å². The zero-order valence-corrected chi connectivity index (χ0v) is 17.4. The Labute approximate surface area is 168 Å². The highest BCUT2D eigenvalue weighted by molar-refractivity contribution is 7.85. The molecule has 28 heavy (non-hydrogen) atoms. The second kappa shape index (κ2) is 13.3. The lowest BCUT2D eigenvalue weighted by atomic mass is 10.1. The highest BCUT2D eigenvalue weighted by Gasteiger charge is 2.09. The van der Waals surface area contributed by atoms with Crippen LogP contribution in [0.3, 0.4) is 0 Å². The number of rotatable bonds is 14. The van der Waals surface area contributed by atoms with E-state index in [-0.39, 0.29) is 16.7 Å². The van der Waals surface area contributed by atoms with Crippen molar-refractivity contribution in [1.82, 2.24) is 5.32 Å². The van der Waals surface area contributed by atoms with Gasteiger partial charge in [0.2, 0.25) is 11.8 Å². The molecule has 2 amide bonds. The molecule has 0 atom stereocenters. The summed E-state index contributed by atoms with van der Waals surface area (Å²) in [6, 6.07) is 5.40. The van der Waals surface area contributed by atoms with Crippen molar-refractivity contribution in [3.63, 3.8) is 0 Å². The monoisotopic (exact) mass is 412 g/mol. The molecular weight excluding hydrogens is 380 g/mol. The number of anilines is 1. The summed E-state index contributed by atoms with van der Waals surface area (Å²) in [4.78, 5) is 23.0. The smallest absolute Gasteiger partial charge is 0.294 e. The average molecular weight is 413 g/mol. The van der Waals surface area contributed by atoms with Crippen molar-refractivity contribution >= 4 is 27.6 Å². The van der Waals surface area contributed by atoms with E-state index >= 15 is 0 Å². The van der Waals surface area contributed by atoms with Gasteiger partial charge in [-0.1, -0.05) is 38.5 Å². The number of carbonyl (C=O) groups excluding carboxylic acids is 2. The van der Waals surface area contributed by atoms with Gasteiger partial charge in [-0.2, -0.15) is 8.42 Å². The van der Waals surface area contributed by atoms with Crippen LogP contribution in [0, 0.1) is 0 Å². The summed E-state index contributed by atoms with van der Waals surface area (Å²) in [6.07, 6.45) is 9.38. The molecule has 8 heteroatoms. The first-order chi connectivity index (χ1) is 13.3. The summed E-state index contributed by atoms with van der Waals surface area (Å²) in [7, 11) is -4.22. The fourth-order valence-electron chi connectivity index (χ4n) is 2.85. The van der Waals surface area contributed by atoms with Crippen LogP contribution in [0.15, 0.2) is 29.2 Å². The highest BCUT2D eigenvalue weighted by Crippen LogP contribution is 2.15. The van der Waals surface area contributed by atoms with Gasteiger partial charge in [0.1, 0.15) is 0 Å². The second-order valence-corrected chi connectivity index (χ2v) is 8.25. The van der Waals surface area contributed by atoms with E-state index in [2.05, 4.69) is 10.6 Å². The van der Waals surface area contributed by atoms with Gasteiger partial charge in [-0.3, -0.25) is 14.1 Å². The second-order valence-electron chi connectivity index (χ2n) is 6.83. The number of unbranched alkanes of at least 4 members (excludes halogenated alkanes) is 7. The predicted octanol–water partition coefficient (Wildman–Crippen LogP) is 3.91. The number of nitrogens with one attached hydrogen (secondary N) is 2. The minimum Gasteiger partial charge on any atom is -0.356 e. The topological polar surface area (TPSA) is 113 Å². The van der Waals surface area contributed by atoms with Gasteiger partial charge in [-0.25, -0.2) is 0 Å². The van der Waals surface area contributed by atoms with E-state index in [0.717, 1.165) is 51.4 Å². The van der Waals surface area contributed by atoms with Gasteiger partial charge in [-0.05, 0) is 44.0 Å². The molecule has 0 aliphatic heterocycles. The van der Waals surface area contributed by atoms with Crippen molar-refractivity contribution in [1.29, 1.82) is 0 Å². The van der Waals surface area contributed by atoms with Crippen LogP contribution in [-0.4, -0.2) is 31.3 Å². The minimum absolute atomic E-state index is 0.107. The Kier molecular flexibility index (Phi) is 11.4. The first-order valence-electron chi connectivity index (χ1n) is 9.97. The number of hydrogen-bond acceptors (Lipinski definition) is 4. The maximum Gasteiger partial charge on any atom is 0.294 e. The van der Waals surface area contributed by atoms with Crippen molar-refractivity contribution in [2.75, 3.05) is 11.9 Å². The molecule has 3 N–H and O–H groups in total. The molecule has 0 bridgehead atoms. The number of hydrogen-bond donors (Lipinski definition) is 3. The summed E-state index contributed by atoms with van der Waals surface area (Å²) < 4.78 is 30.9. The molecular formula is C20H32N2O5S. The van der Waals surface area contributed by atoms with Crippen molar-refractivity contribution in [3.05, 3.63) is 24.3 Å². The summed E-state index contributed by atoms with van der Waals surface area (Å²) >= 11 is 0. The molecule has 1 rings (SSSR count). The van der Waals surface area contributed by atoms with Crippen LogP contribution in [0.1, 0.15) is 71.1 Å². The molecule has 0 unspecified atom stereocenters. The van der Waals surface area contributed by atoms with Gasteiger partial charge in [0, 0.05) is 25.1 Å². The van der Waals surface area contributed by atoms with Gasteiger partial charge in [0.25, 0.3) is 10.1 Å². The molecule has 0 aromatic heterocycles. The Morgan fingerprint density at radius 2 is 1.29 bits per heavy atom. The minimum atomic E-state index is -4.22. The van der Waals surface area contributed by atoms with Gasteiger partial charge < -0.3 is 10.6 Å². The molecule has 0 radical (unpaired) electrons. The highest BCUT2D eigenvalue weighted by atomic mass is 32.2. The quantitative estimate of drug-likeness (QED) is 0.317. The van der Waals surface area contributed by atoms with Gasteiger partial charge >= 0.3 is 0 Å². The Bertz CT molecular complexity index is 702. The lowest BCUT2D eigenvalue weighted by Crippen LogP contribution is -2.21. The summed E-state index contributed by atoms with van der Waals surface area (Å²) in [5.41, 5.74) is 0.505. The molecule has 0 spiro atoms. The molecule has 0 aliphatic carbocycles. The van der Waals surface area contributed by atoms with Gasteiger partial charge in [0.15, 0.2) is 0 Å². The Morgan fingerprint density at radius 1 is 0.821 bits per heavy atom. The van der Waals surface area contributed by atoms with Crippen LogP contribution in [0.4, 0.5) is 5.69 Å². The Hall–Kier alpha value is -1.93. The molecule has 158 valence electrons. The van der Waals surface area contributed by atoms with E-state index in [9.17, 15) is 18.0 Å². The first-order valence-corrected chi connectivity index (χ1v) is 11.4. The molecule has 0 heterocycles. The lowest BCUT2D eigenvalue weighted by Gasteiger charge is -2.06. The standard InChI is InChI=1S/C20H32N2O5S/c1-2-21-19(23)11-9-7-5-3-4-6-8-10-12-20(24)22-17-13-15-18(16-14-17)28(25,26)27/h13-16H,2-12H2,1H3,(H,21,23)(H,22,24)(H,25,26,27). The maximum absolute atomic E-state index is 11.9. The summed E-state index contributed by atoms with van der Waals surface area (Å²) in [5.74, 6) is 0.0279. The zero-order valence-electron chi connectivity index (χ0n) is 16.6. The van der Waals surface area contributed by atoms with Crippen LogP contribution >= 0.6 is 0 Å². The molecule has 1 aromatic rings. The predicted molar refractivity (Wildman–Crippen MR) is 110 cm³/mol. The number of benzene rings is 1. The van der Waals surface area contributed by atoms with Crippen LogP contribution in [0.2, 0.25) is 0 Å². The SMILES string of the molecule is CCNC(=O)CCCCCCCCCCC(=O)Nc1ccc(S(=O)(=O)O)cc1. The van der Waals surface area contributed by atoms with E-state index in [1.54, 1.807) is 0 Å². The van der Waals surface area contributed by atoms with E-state index < -0.39 is 10.1 Å². The molecule has 0 saturated heterocycles. The fraction of sp³-hybridized carbons (Fsp3) is 0.600. The number of amides is 2.